The lowest BCUT2D eigenvalue weighted by atomic mass is 10.1. The van der Waals surface area contributed by atoms with Crippen LogP contribution < -0.4 is 4.74 Å². The van der Waals surface area contributed by atoms with Crippen molar-refractivity contribution in [3.63, 3.8) is 0 Å². The van der Waals surface area contributed by atoms with E-state index in [-0.39, 0.29) is 11.1 Å². The number of Topliss-reactive ketones (excluding diaryl/α,β-unsaturated/α-hetero) is 1. The molecule has 0 bridgehead atoms. The Morgan fingerprint density at radius 2 is 1.93 bits per heavy atom. The molecule has 0 unspecified atom stereocenters. The molecule has 80 valence electrons. The second-order valence-electron chi connectivity index (χ2n) is 3.30. The van der Waals surface area contributed by atoms with Crippen molar-refractivity contribution in [1.82, 2.24) is 0 Å². The average molecular weight is 227 g/mol. The predicted molar refractivity (Wildman–Crippen MR) is 60.0 cm³/mol. The smallest absolute Gasteiger partial charge is 0.395 e. The summed E-state index contributed by atoms with van der Waals surface area (Å²) in [6, 6.07) is 6.99. The van der Waals surface area contributed by atoms with Crippen molar-refractivity contribution < 1.29 is 14.1 Å². The number of ketones is 1. The lowest BCUT2D eigenvalue weighted by Gasteiger charge is -2.04. The molecule has 0 saturated heterocycles. The molecular weight excluding hydrogens is 214 g/mol. The summed E-state index contributed by atoms with van der Waals surface area (Å²) in [7, 11) is 3.53. The summed E-state index contributed by atoms with van der Waals surface area (Å²) < 4.78 is 6.98. The lowest BCUT2D eigenvalue weighted by molar-refractivity contribution is -0.469. The van der Waals surface area contributed by atoms with Gasteiger partial charge in [0, 0.05) is 11.6 Å². The van der Waals surface area contributed by atoms with Gasteiger partial charge in [0.15, 0.2) is 5.78 Å². The number of para-hydroxylation sites is 1. The van der Waals surface area contributed by atoms with Gasteiger partial charge in [-0.15, -0.1) is 0 Å². The molecule has 0 spiro atoms. The van der Waals surface area contributed by atoms with Crippen LogP contribution in [0.25, 0.3) is 0 Å². The van der Waals surface area contributed by atoms with Gasteiger partial charge in [-0.25, -0.2) is 0 Å². The molecule has 0 radical (unpaired) electrons. The maximum Gasteiger partial charge on any atom is 0.444 e. The van der Waals surface area contributed by atoms with Gasteiger partial charge < -0.3 is 4.74 Å². The van der Waals surface area contributed by atoms with Gasteiger partial charge in [0.2, 0.25) is 0 Å². The minimum absolute atomic E-state index is 0.0474. The summed E-state index contributed by atoms with van der Waals surface area (Å²) in [5.41, 5.74) is 0.525. The fourth-order valence-electron chi connectivity index (χ4n) is 1.03. The molecule has 1 rings (SSSR count). The molecule has 3 nitrogen and oxygen atoms in total. The van der Waals surface area contributed by atoms with Gasteiger partial charge in [0.05, 0.1) is 5.56 Å². The maximum absolute atomic E-state index is 11.3. The van der Waals surface area contributed by atoms with E-state index in [1.54, 1.807) is 42.9 Å². The number of ether oxygens (including phenoxy) is 1. The van der Waals surface area contributed by atoms with Gasteiger partial charge in [-0.2, -0.15) is 4.58 Å². The first-order chi connectivity index (χ1) is 7.02. The van der Waals surface area contributed by atoms with E-state index in [0.29, 0.717) is 11.3 Å². The van der Waals surface area contributed by atoms with Crippen LogP contribution in [0, 0.1) is 0 Å². The molecule has 0 aliphatic rings. The first kappa shape index (κ1) is 11.7. The van der Waals surface area contributed by atoms with E-state index in [0.717, 1.165) is 0 Å². The highest BCUT2D eigenvalue weighted by atomic mass is 35.5. The van der Waals surface area contributed by atoms with Gasteiger partial charge in [0.1, 0.15) is 19.8 Å². The zero-order valence-electron chi connectivity index (χ0n) is 8.95. The minimum Gasteiger partial charge on any atom is -0.395 e. The SMILES string of the molecule is CC(=O)c1ccccc1OC(Cl)=[N+](C)C. The molecule has 0 saturated carbocycles. The van der Waals surface area contributed by atoms with E-state index in [9.17, 15) is 4.79 Å². The highest BCUT2D eigenvalue weighted by Gasteiger charge is 2.12. The molecule has 1 aromatic rings. The van der Waals surface area contributed by atoms with Crippen molar-refractivity contribution in [1.29, 1.82) is 0 Å². The Kier molecular flexibility index (Phi) is 3.86. The van der Waals surface area contributed by atoms with Crippen LogP contribution in [0.4, 0.5) is 0 Å². The van der Waals surface area contributed by atoms with Crippen molar-refractivity contribution in [3.05, 3.63) is 29.8 Å². The molecule has 15 heavy (non-hydrogen) atoms. The topological polar surface area (TPSA) is 29.3 Å². The summed E-state index contributed by atoms with van der Waals surface area (Å²) in [6.07, 6.45) is 0. The van der Waals surface area contributed by atoms with Gasteiger partial charge in [-0.1, -0.05) is 12.1 Å². The second kappa shape index (κ2) is 4.94. The molecule has 0 atom stereocenters. The number of nitrogens with zero attached hydrogens (tertiary/aromatic N) is 1. The Bertz CT molecular complexity index is 409. The van der Waals surface area contributed by atoms with Crippen LogP contribution in [-0.2, 0) is 0 Å². The van der Waals surface area contributed by atoms with Gasteiger partial charge in [0.25, 0.3) is 0 Å². The summed E-state index contributed by atoms with van der Waals surface area (Å²) in [5, 5.41) is 0.226. The summed E-state index contributed by atoms with van der Waals surface area (Å²) >= 11 is 5.84. The molecule has 0 aliphatic carbocycles. The molecule has 0 fully saturated rings. The highest BCUT2D eigenvalue weighted by molar-refractivity contribution is 6.61. The zero-order chi connectivity index (χ0) is 11.4. The van der Waals surface area contributed by atoms with Crippen molar-refractivity contribution in [3.8, 4) is 5.75 Å². The van der Waals surface area contributed by atoms with E-state index in [1.165, 1.54) is 6.92 Å². The van der Waals surface area contributed by atoms with Crippen LogP contribution in [0.5, 0.6) is 5.75 Å². The average Bonchev–Trinajstić information content (AvgIpc) is 2.18. The first-order valence-corrected chi connectivity index (χ1v) is 4.87. The number of rotatable bonds is 2. The van der Waals surface area contributed by atoms with Gasteiger partial charge in [-0.3, -0.25) is 4.79 Å². The second-order valence-corrected chi connectivity index (χ2v) is 3.63. The molecular formula is C11H13ClNO2+. The molecule has 1 aromatic carbocycles. The Morgan fingerprint density at radius 3 is 2.47 bits per heavy atom. The van der Waals surface area contributed by atoms with Crippen molar-refractivity contribution >= 4 is 22.7 Å². The van der Waals surface area contributed by atoms with Crippen LogP contribution >= 0.6 is 11.6 Å². The van der Waals surface area contributed by atoms with Crippen LogP contribution in [0.2, 0.25) is 0 Å². The van der Waals surface area contributed by atoms with E-state index in [4.69, 9.17) is 16.3 Å². The van der Waals surface area contributed by atoms with Crippen molar-refractivity contribution in [2.75, 3.05) is 14.1 Å². The fourth-order valence-corrected chi connectivity index (χ4v) is 1.11. The first-order valence-electron chi connectivity index (χ1n) is 4.50. The third-order valence-electron chi connectivity index (χ3n) is 1.81. The standard InChI is InChI=1S/C11H13ClNO2/c1-8(14)9-6-4-5-7-10(9)15-11(12)13(2)3/h4-7H,1-3H3/q+1. The Balaban J connectivity index is 3.05. The van der Waals surface area contributed by atoms with E-state index >= 15 is 0 Å². The number of hydrogen-bond acceptors (Lipinski definition) is 2. The number of carbonyl (C=O) groups excluding carboxylic acids is 1. The van der Waals surface area contributed by atoms with Gasteiger partial charge in [-0.05, 0) is 19.1 Å². The minimum atomic E-state index is -0.0474. The van der Waals surface area contributed by atoms with Crippen LogP contribution in [0.15, 0.2) is 24.3 Å². The molecule has 4 heteroatoms. The third-order valence-corrected chi connectivity index (χ3v) is 2.23. The monoisotopic (exact) mass is 226 g/mol. The molecule has 0 heterocycles. The Hall–Kier alpha value is -1.35. The molecule has 0 N–H and O–H groups in total. The van der Waals surface area contributed by atoms with Crippen LogP contribution in [-0.4, -0.2) is 29.8 Å². The summed E-state index contributed by atoms with van der Waals surface area (Å²) in [4.78, 5) is 11.3. The lowest BCUT2D eigenvalue weighted by Crippen LogP contribution is -2.15. The van der Waals surface area contributed by atoms with Crippen LogP contribution in [0.1, 0.15) is 17.3 Å². The third kappa shape index (κ3) is 3.06. The molecule has 0 aliphatic heterocycles. The Morgan fingerprint density at radius 1 is 1.33 bits per heavy atom. The Labute approximate surface area is 93.9 Å². The van der Waals surface area contributed by atoms with E-state index in [1.807, 2.05) is 0 Å². The summed E-state index contributed by atoms with van der Waals surface area (Å²) in [6.45, 7) is 1.49. The number of hydrogen-bond donors (Lipinski definition) is 0. The summed E-state index contributed by atoms with van der Waals surface area (Å²) in [5.74, 6) is 0.428. The van der Waals surface area contributed by atoms with Crippen molar-refractivity contribution in [2.24, 2.45) is 0 Å². The van der Waals surface area contributed by atoms with E-state index < -0.39 is 0 Å². The van der Waals surface area contributed by atoms with Crippen LogP contribution in [0.3, 0.4) is 0 Å². The van der Waals surface area contributed by atoms with Gasteiger partial charge >= 0.3 is 5.36 Å². The van der Waals surface area contributed by atoms with E-state index in [2.05, 4.69) is 0 Å². The largest absolute Gasteiger partial charge is 0.444 e. The molecule has 0 amide bonds. The number of halogens is 1. The maximum atomic E-state index is 11.3. The molecule has 0 aromatic heterocycles. The number of benzene rings is 1. The normalized spacial score (nSPS) is 9.60. The highest BCUT2D eigenvalue weighted by Crippen LogP contribution is 2.19. The fraction of sp³-hybridized carbons (Fsp3) is 0.273. The quantitative estimate of drug-likeness (QED) is 0.335. The predicted octanol–water partition coefficient (Wildman–Crippen LogP) is 2.13. The number of carbonyl (C=O) groups is 1. The van der Waals surface area contributed by atoms with Crippen molar-refractivity contribution in [2.45, 2.75) is 6.92 Å². The zero-order valence-corrected chi connectivity index (χ0v) is 9.71.